The number of fused-ring (bicyclic) bond motifs is 1. The number of nitrogens with zero attached hydrogens (tertiary/aromatic N) is 4. The van der Waals surface area contributed by atoms with Crippen LogP contribution < -0.4 is 10.5 Å². The summed E-state index contributed by atoms with van der Waals surface area (Å²) in [5, 5.41) is 0. The van der Waals surface area contributed by atoms with E-state index in [2.05, 4.69) is 18.7 Å². The summed E-state index contributed by atoms with van der Waals surface area (Å²) in [5.74, 6) is 0.472. The van der Waals surface area contributed by atoms with Crippen molar-refractivity contribution < 1.29 is 4.79 Å². The van der Waals surface area contributed by atoms with Crippen LogP contribution in [0.15, 0.2) is 28.0 Å². The largest absolute Gasteiger partial charge is 0.356 e. The molecule has 6 nitrogen and oxygen atoms in total. The highest BCUT2D eigenvalue weighted by molar-refractivity contribution is 8.26. The Morgan fingerprint density at radius 3 is 2.43 bits per heavy atom. The van der Waals surface area contributed by atoms with Gasteiger partial charge in [0.1, 0.15) is 15.8 Å². The fourth-order valence-electron chi connectivity index (χ4n) is 3.53. The summed E-state index contributed by atoms with van der Waals surface area (Å²) < 4.78 is 2.08. The van der Waals surface area contributed by atoms with Gasteiger partial charge in [-0.15, -0.1) is 0 Å². The van der Waals surface area contributed by atoms with Gasteiger partial charge in [0.05, 0.1) is 10.5 Å². The van der Waals surface area contributed by atoms with Crippen LogP contribution in [-0.4, -0.2) is 43.6 Å². The number of aryl methyl sites for hydroxylation is 1. The maximum Gasteiger partial charge on any atom is 0.267 e. The minimum absolute atomic E-state index is 0.0296. The summed E-state index contributed by atoms with van der Waals surface area (Å²) in [6, 6.07) is 3.78. The quantitative estimate of drug-likeness (QED) is 0.470. The molecule has 3 rings (SSSR count). The lowest BCUT2D eigenvalue weighted by Crippen LogP contribution is -2.34. The van der Waals surface area contributed by atoms with Crippen LogP contribution >= 0.6 is 24.0 Å². The van der Waals surface area contributed by atoms with Crippen molar-refractivity contribution >= 4 is 51.7 Å². The molecule has 0 aromatic carbocycles. The Morgan fingerprint density at radius 2 is 1.87 bits per heavy atom. The van der Waals surface area contributed by atoms with Crippen LogP contribution in [0.3, 0.4) is 0 Å². The van der Waals surface area contributed by atoms with Gasteiger partial charge in [-0.1, -0.05) is 43.9 Å². The van der Waals surface area contributed by atoms with Crippen molar-refractivity contribution in [2.24, 2.45) is 0 Å². The summed E-state index contributed by atoms with van der Waals surface area (Å²) in [6.07, 6.45) is 5.34. The second kappa shape index (κ2) is 9.31. The lowest BCUT2D eigenvalue weighted by molar-refractivity contribution is -0.123. The van der Waals surface area contributed by atoms with Crippen molar-refractivity contribution in [3.63, 3.8) is 0 Å². The van der Waals surface area contributed by atoms with Crippen molar-refractivity contribution in [1.82, 2.24) is 14.3 Å². The maximum absolute atomic E-state index is 13.5. The number of pyridine rings is 1. The van der Waals surface area contributed by atoms with Gasteiger partial charge < -0.3 is 4.90 Å². The average Bonchev–Trinajstić information content (AvgIpc) is 2.97. The molecule has 0 spiro atoms. The van der Waals surface area contributed by atoms with Gasteiger partial charge in [0.25, 0.3) is 11.5 Å². The highest BCUT2D eigenvalue weighted by atomic mass is 32.2. The zero-order valence-corrected chi connectivity index (χ0v) is 19.8. The normalized spacial score (nSPS) is 15.8. The molecule has 8 heteroatoms. The van der Waals surface area contributed by atoms with E-state index < -0.39 is 0 Å². The second-order valence-electron chi connectivity index (χ2n) is 7.72. The van der Waals surface area contributed by atoms with Crippen LogP contribution in [-0.2, 0) is 4.79 Å². The van der Waals surface area contributed by atoms with Crippen LogP contribution in [0, 0.1) is 6.92 Å². The standard InChI is InChI=1S/C22H28N4O2S2/c1-6-10-24(11-7-2)19-16(12-17-21(28)26(14(3)4)22(29)30-17)20(27)25-13-15(5)8-9-18(25)23-19/h8-9,12-14H,6-7,10-11H2,1-5H3/b17-12-. The molecule has 0 bridgehead atoms. The number of aromatic nitrogens is 2. The summed E-state index contributed by atoms with van der Waals surface area (Å²) in [7, 11) is 0. The van der Waals surface area contributed by atoms with Crippen molar-refractivity contribution in [3.05, 3.63) is 44.7 Å². The third-order valence-corrected chi connectivity index (χ3v) is 6.22. The van der Waals surface area contributed by atoms with Gasteiger partial charge in [-0.2, -0.15) is 0 Å². The Balaban J connectivity index is 2.24. The minimum Gasteiger partial charge on any atom is -0.356 e. The molecule has 1 aliphatic heterocycles. The lowest BCUT2D eigenvalue weighted by atomic mass is 10.2. The van der Waals surface area contributed by atoms with Gasteiger partial charge in [-0.3, -0.25) is 18.9 Å². The number of rotatable bonds is 7. The van der Waals surface area contributed by atoms with E-state index in [1.165, 1.54) is 11.8 Å². The predicted octanol–water partition coefficient (Wildman–Crippen LogP) is 4.24. The van der Waals surface area contributed by atoms with Gasteiger partial charge in [0.2, 0.25) is 0 Å². The first-order chi connectivity index (χ1) is 14.3. The van der Waals surface area contributed by atoms with Crippen LogP contribution in [0.25, 0.3) is 11.7 Å². The second-order valence-corrected chi connectivity index (χ2v) is 9.40. The van der Waals surface area contributed by atoms with Crippen molar-refractivity contribution in [2.75, 3.05) is 18.0 Å². The van der Waals surface area contributed by atoms with Crippen LogP contribution in [0.5, 0.6) is 0 Å². The van der Waals surface area contributed by atoms with Crippen LogP contribution in [0.1, 0.15) is 51.7 Å². The number of anilines is 1. The van der Waals surface area contributed by atoms with E-state index in [-0.39, 0.29) is 17.5 Å². The topological polar surface area (TPSA) is 57.9 Å². The minimum atomic E-state index is -0.175. The fraction of sp³-hybridized carbons (Fsp3) is 0.455. The molecule has 0 N–H and O–H groups in total. The Bertz CT molecular complexity index is 1070. The molecule has 0 saturated carbocycles. The molecule has 3 heterocycles. The molecule has 2 aromatic rings. The molecule has 1 aliphatic rings. The number of thiocarbonyl (C=S) groups is 1. The molecular weight excluding hydrogens is 416 g/mol. The molecule has 1 amide bonds. The van der Waals surface area contributed by atoms with Crippen molar-refractivity contribution in [1.29, 1.82) is 0 Å². The SMILES string of the molecule is CCCN(CCC)c1nc2ccc(C)cn2c(=O)c1/C=C1\SC(=S)N(C(C)C)C1=O. The third kappa shape index (κ3) is 4.30. The summed E-state index contributed by atoms with van der Waals surface area (Å²) in [4.78, 5) is 35.4. The van der Waals surface area contributed by atoms with Crippen molar-refractivity contribution in [3.8, 4) is 0 Å². The lowest BCUT2D eigenvalue weighted by Gasteiger charge is -2.24. The predicted molar refractivity (Wildman–Crippen MR) is 129 cm³/mol. The number of thioether (sulfide) groups is 1. The number of carbonyl (C=O) groups excluding carboxylic acids is 1. The van der Waals surface area contributed by atoms with Gasteiger partial charge in [0, 0.05) is 25.3 Å². The Kier molecular flexibility index (Phi) is 6.98. The van der Waals surface area contributed by atoms with E-state index >= 15 is 0 Å². The van der Waals surface area contributed by atoms with E-state index in [1.54, 1.807) is 21.6 Å². The van der Waals surface area contributed by atoms with Crippen molar-refractivity contribution in [2.45, 2.75) is 53.5 Å². The van der Waals surface area contributed by atoms with E-state index in [4.69, 9.17) is 17.2 Å². The number of carbonyl (C=O) groups is 1. The van der Waals surface area contributed by atoms with E-state index in [0.717, 1.165) is 31.5 Å². The number of hydrogen-bond donors (Lipinski definition) is 0. The van der Waals surface area contributed by atoms with Crippen LogP contribution in [0.4, 0.5) is 5.82 Å². The zero-order chi connectivity index (χ0) is 22.0. The number of amides is 1. The van der Waals surface area contributed by atoms with E-state index in [9.17, 15) is 9.59 Å². The van der Waals surface area contributed by atoms with E-state index in [1.807, 2.05) is 32.9 Å². The van der Waals surface area contributed by atoms with Gasteiger partial charge in [-0.05, 0) is 51.3 Å². The molecular formula is C22H28N4O2S2. The highest BCUT2D eigenvalue weighted by Gasteiger charge is 2.34. The van der Waals surface area contributed by atoms with Gasteiger partial charge in [-0.25, -0.2) is 4.98 Å². The maximum atomic E-state index is 13.5. The highest BCUT2D eigenvalue weighted by Crippen LogP contribution is 2.34. The van der Waals surface area contributed by atoms with Gasteiger partial charge in [0.15, 0.2) is 0 Å². The molecule has 1 fully saturated rings. The first-order valence-corrected chi connectivity index (χ1v) is 11.6. The Hall–Kier alpha value is -2.19. The van der Waals surface area contributed by atoms with E-state index in [0.29, 0.717) is 26.3 Å². The first-order valence-electron chi connectivity index (χ1n) is 10.3. The Morgan fingerprint density at radius 1 is 1.20 bits per heavy atom. The Labute approximate surface area is 187 Å². The molecule has 30 heavy (non-hydrogen) atoms. The smallest absolute Gasteiger partial charge is 0.267 e. The molecule has 0 atom stereocenters. The molecule has 2 aromatic heterocycles. The third-order valence-electron chi connectivity index (χ3n) is 4.89. The van der Waals surface area contributed by atoms with Gasteiger partial charge >= 0.3 is 0 Å². The molecule has 160 valence electrons. The zero-order valence-electron chi connectivity index (χ0n) is 18.1. The monoisotopic (exact) mass is 444 g/mol. The molecule has 0 radical (unpaired) electrons. The molecule has 0 aliphatic carbocycles. The fourth-order valence-corrected chi connectivity index (χ4v) is 5.04. The average molecular weight is 445 g/mol. The summed E-state index contributed by atoms with van der Waals surface area (Å²) >= 11 is 6.64. The summed E-state index contributed by atoms with van der Waals surface area (Å²) in [6.45, 7) is 11.6. The van der Waals surface area contributed by atoms with Crippen LogP contribution in [0.2, 0.25) is 0 Å². The summed E-state index contributed by atoms with van der Waals surface area (Å²) in [5.41, 5.74) is 1.83. The number of hydrogen-bond acceptors (Lipinski definition) is 6. The molecule has 1 saturated heterocycles. The molecule has 0 unspecified atom stereocenters. The first kappa shape index (κ1) is 22.5.